The van der Waals surface area contributed by atoms with Crippen LogP contribution in [0.1, 0.15) is 12.5 Å². The van der Waals surface area contributed by atoms with Crippen LogP contribution in [0.15, 0.2) is 18.5 Å². The molecule has 0 aromatic carbocycles. The molecule has 0 saturated carbocycles. The van der Waals surface area contributed by atoms with Crippen molar-refractivity contribution in [1.82, 2.24) is 4.98 Å². The van der Waals surface area contributed by atoms with E-state index in [0.717, 1.165) is 13.2 Å². The maximum Gasteiger partial charge on any atom is 0.0601 e. The van der Waals surface area contributed by atoms with Crippen molar-refractivity contribution >= 4 is 0 Å². The maximum atomic E-state index is 5.93. The van der Waals surface area contributed by atoms with Crippen molar-refractivity contribution < 1.29 is 4.74 Å². The smallest absolute Gasteiger partial charge is 0.0601 e. The van der Waals surface area contributed by atoms with Gasteiger partial charge in [-0.1, -0.05) is 0 Å². The van der Waals surface area contributed by atoms with Crippen molar-refractivity contribution in [2.75, 3.05) is 13.2 Å². The predicted octanol–water partition coefficient (Wildman–Crippen LogP) is 0.630. The van der Waals surface area contributed by atoms with Crippen LogP contribution in [0.2, 0.25) is 0 Å². The van der Waals surface area contributed by atoms with E-state index in [0.29, 0.717) is 0 Å². The summed E-state index contributed by atoms with van der Waals surface area (Å²) in [7, 11) is 0. The molecule has 1 saturated heterocycles. The van der Waals surface area contributed by atoms with Crippen LogP contribution < -0.4 is 5.73 Å². The van der Waals surface area contributed by atoms with Gasteiger partial charge in [0.2, 0.25) is 0 Å². The Balaban J connectivity index is 2.29. The van der Waals surface area contributed by atoms with Crippen LogP contribution in [0.5, 0.6) is 0 Å². The number of nitrogens with two attached hydrogens (primary N) is 1. The Labute approximate surface area is 71.9 Å². The molecule has 0 bridgehead atoms. The van der Waals surface area contributed by atoms with E-state index in [9.17, 15) is 0 Å². The second-order valence-electron chi connectivity index (χ2n) is 3.54. The highest BCUT2D eigenvalue weighted by molar-refractivity contribution is 5.27. The third kappa shape index (κ3) is 0.901. The van der Waals surface area contributed by atoms with Gasteiger partial charge in [-0.2, -0.15) is 0 Å². The average Bonchev–Trinajstić information content (AvgIpc) is 2.35. The quantitative estimate of drug-likeness (QED) is 0.677. The summed E-state index contributed by atoms with van der Waals surface area (Å²) in [4.78, 5) is 3.05. The molecule has 3 N–H and O–H groups in total. The van der Waals surface area contributed by atoms with Crippen LogP contribution >= 0.6 is 0 Å². The summed E-state index contributed by atoms with van der Waals surface area (Å²) in [6.07, 6.45) is 3.93. The first-order chi connectivity index (χ1) is 5.76. The van der Waals surface area contributed by atoms with Crippen LogP contribution in [0.25, 0.3) is 0 Å². The van der Waals surface area contributed by atoms with Crippen LogP contribution in [0.4, 0.5) is 0 Å². The molecule has 3 heteroatoms. The highest BCUT2D eigenvalue weighted by Gasteiger charge is 2.43. The molecule has 2 heterocycles. The molecule has 0 aliphatic carbocycles. The Morgan fingerprint density at radius 3 is 2.75 bits per heavy atom. The molecule has 1 aromatic heterocycles. The van der Waals surface area contributed by atoms with E-state index in [1.807, 2.05) is 19.3 Å². The zero-order chi connectivity index (χ0) is 8.60. The molecule has 1 fully saturated rings. The second kappa shape index (κ2) is 2.61. The van der Waals surface area contributed by atoms with Crippen LogP contribution in [-0.4, -0.2) is 24.2 Å². The van der Waals surface area contributed by atoms with Gasteiger partial charge in [0.15, 0.2) is 0 Å². The lowest BCUT2D eigenvalue weighted by molar-refractivity contribution is -0.0701. The number of hydrogen-bond donors (Lipinski definition) is 2. The number of ether oxygens (including phenoxy) is 1. The van der Waals surface area contributed by atoms with Crippen molar-refractivity contribution in [2.45, 2.75) is 18.4 Å². The van der Waals surface area contributed by atoms with E-state index in [1.54, 1.807) is 0 Å². The molecule has 12 heavy (non-hydrogen) atoms. The van der Waals surface area contributed by atoms with Gasteiger partial charge in [0.25, 0.3) is 0 Å². The molecule has 2 rings (SSSR count). The van der Waals surface area contributed by atoms with Gasteiger partial charge < -0.3 is 15.5 Å². The number of hydrogen-bond acceptors (Lipinski definition) is 2. The summed E-state index contributed by atoms with van der Waals surface area (Å²) < 4.78 is 5.23. The van der Waals surface area contributed by atoms with E-state index >= 15 is 0 Å². The Kier molecular flexibility index (Phi) is 1.70. The lowest BCUT2D eigenvalue weighted by Gasteiger charge is -2.44. The minimum Gasteiger partial charge on any atom is -0.379 e. The van der Waals surface area contributed by atoms with Gasteiger partial charge in [0.1, 0.15) is 0 Å². The fourth-order valence-corrected chi connectivity index (χ4v) is 1.65. The lowest BCUT2D eigenvalue weighted by atomic mass is 9.74. The highest BCUT2D eigenvalue weighted by atomic mass is 16.5. The molecule has 1 aliphatic heterocycles. The summed E-state index contributed by atoms with van der Waals surface area (Å²) in [5.41, 5.74) is 7.27. The van der Waals surface area contributed by atoms with Crippen molar-refractivity contribution in [2.24, 2.45) is 5.73 Å². The topological polar surface area (TPSA) is 51.0 Å². The minimum absolute atomic E-state index is 0.0694. The van der Waals surface area contributed by atoms with E-state index < -0.39 is 0 Å². The van der Waals surface area contributed by atoms with E-state index in [2.05, 4.69) is 11.1 Å². The molecule has 0 amide bonds. The van der Waals surface area contributed by atoms with Crippen molar-refractivity contribution in [3.05, 3.63) is 24.0 Å². The Morgan fingerprint density at radius 1 is 1.67 bits per heavy atom. The van der Waals surface area contributed by atoms with Crippen molar-refractivity contribution in [3.63, 3.8) is 0 Å². The predicted molar refractivity (Wildman–Crippen MR) is 46.9 cm³/mol. The Hall–Kier alpha value is -0.800. The number of rotatable bonds is 2. The summed E-state index contributed by atoms with van der Waals surface area (Å²) in [5, 5.41) is 0. The maximum absolute atomic E-state index is 5.93. The van der Waals surface area contributed by atoms with E-state index in [4.69, 9.17) is 10.5 Å². The Bertz CT molecular complexity index is 250. The van der Waals surface area contributed by atoms with E-state index in [1.165, 1.54) is 5.56 Å². The van der Waals surface area contributed by atoms with Crippen LogP contribution in [-0.2, 0) is 10.2 Å². The van der Waals surface area contributed by atoms with Gasteiger partial charge in [-0.3, -0.25) is 0 Å². The molecule has 3 nitrogen and oxygen atoms in total. The van der Waals surface area contributed by atoms with Crippen LogP contribution in [0, 0.1) is 0 Å². The second-order valence-corrected chi connectivity index (χ2v) is 3.54. The molecular weight excluding hydrogens is 152 g/mol. The zero-order valence-electron chi connectivity index (χ0n) is 7.21. The van der Waals surface area contributed by atoms with Gasteiger partial charge in [-0.25, -0.2) is 0 Å². The first kappa shape index (κ1) is 7.83. The summed E-state index contributed by atoms with van der Waals surface area (Å²) in [6.45, 7) is 3.54. The molecular formula is C9H14N2O. The SMILES string of the molecule is CC(N)C1(c2cc[nH]c2)COC1. The number of aromatic nitrogens is 1. The van der Waals surface area contributed by atoms with Gasteiger partial charge in [-0.05, 0) is 18.6 Å². The monoisotopic (exact) mass is 166 g/mol. The molecule has 1 unspecified atom stereocenters. The largest absolute Gasteiger partial charge is 0.379 e. The lowest BCUT2D eigenvalue weighted by Crippen LogP contribution is -2.57. The third-order valence-corrected chi connectivity index (χ3v) is 2.76. The first-order valence-corrected chi connectivity index (χ1v) is 4.22. The van der Waals surface area contributed by atoms with E-state index in [-0.39, 0.29) is 11.5 Å². The number of H-pyrrole nitrogens is 1. The first-order valence-electron chi connectivity index (χ1n) is 4.22. The number of aromatic amines is 1. The standard InChI is InChI=1S/C9H14N2O/c1-7(10)9(5-12-6-9)8-2-3-11-4-8/h2-4,7,11H,5-6,10H2,1H3. The minimum atomic E-state index is 0.0694. The zero-order valence-corrected chi connectivity index (χ0v) is 7.21. The van der Waals surface area contributed by atoms with Gasteiger partial charge >= 0.3 is 0 Å². The highest BCUT2D eigenvalue weighted by Crippen LogP contribution is 2.34. The van der Waals surface area contributed by atoms with Gasteiger partial charge in [-0.15, -0.1) is 0 Å². The summed E-state index contributed by atoms with van der Waals surface area (Å²) >= 11 is 0. The molecule has 66 valence electrons. The fourth-order valence-electron chi connectivity index (χ4n) is 1.65. The summed E-state index contributed by atoms with van der Waals surface area (Å²) in [5.74, 6) is 0. The Morgan fingerprint density at radius 2 is 2.42 bits per heavy atom. The fraction of sp³-hybridized carbons (Fsp3) is 0.556. The van der Waals surface area contributed by atoms with Crippen LogP contribution in [0.3, 0.4) is 0 Å². The summed E-state index contributed by atoms with van der Waals surface area (Å²) in [6, 6.07) is 2.23. The number of nitrogens with one attached hydrogen (secondary N) is 1. The normalized spacial score (nSPS) is 23.2. The molecule has 1 aliphatic rings. The third-order valence-electron chi connectivity index (χ3n) is 2.76. The van der Waals surface area contributed by atoms with Gasteiger partial charge in [0, 0.05) is 18.4 Å². The molecule has 0 radical (unpaired) electrons. The molecule has 1 aromatic rings. The molecule has 0 spiro atoms. The average molecular weight is 166 g/mol. The van der Waals surface area contributed by atoms with Crippen molar-refractivity contribution in [3.8, 4) is 0 Å². The molecule has 1 atom stereocenters. The van der Waals surface area contributed by atoms with Gasteiger partial charge in [0.05, 0.1) is 18.6 Å². The van der Waals surface area contributed by atoms with Crippen molar-refractivity contribution in [1.29, 1.82) is 0 Å².